The lowest BCUT2D eigenvalue weighted by Crippen LogP contribution is -2.53. The summed E-state index contributed by atoms with van der Waals surface area (Å²) in [5.41, 5.74) is -3.43. The minimum atomic E-state index is -4.98. The molecule has 0 spiro atoms. The van der Waals surface area contributed by atoms with Gasteiger partial charge in [0.15, 0.2) is 0 Å². The summed E-state index contributed by atoms with van der Waals surface area (Å²) in [4.78, 5) is 19.0. The highest BCUT2D eigenvalue weighted by atomic mass is 19.4. The average molecular weight is 453 g/mol. The summed E-state index contributed by atoms with van der Waals surface area (Å²) in [6.07, 6.45) is -7.77. The molecular weight excluding hydrogens is 428 g/mol. The zero-order chi connectivity index (χ0) is 22.8. The van der Waals surface area contributed by atoms with Crippen LogP contribution in [0.3, 0.4) is 0 Å². The Labute approximate surface area is 176 Å². The molecule has 1 aliphatic heterocycles. The van der Waals surface area contributed by atoms with Crippen LogP contribution >= 0.6 is 0 Å². The van der Waals surface area contributed by atoms with E-state index in [1.54, 1.807) is 4.90 Å². The average Bonchev–Trinajstić information content (AvgIpc) is 2.68. The lowest BCUT2D eigenvalue weighted by molar-refractivity contribution is -0.150. The number of urea groups is 1. The van der Waals surface area contributed by atoms with Crippen LogP contribution in [-0.2, 0) is 12.4 Å². The van der Waals surface area contributed by atoms with Gasteiger partial charge >= 0.3 is 18.4 Å². The van der Waals surface area contributed by atoms with Gasteiger partial charge in [-0.05, 0) is 44.9 Å². The number of amides is 2. The number of halogens is 6. The molecule has 0 atom stereocenters. The number of anilines is 1. The number of hydrogen-bond acceptors (Lipinski definition) is 4. The molecule has 0 aromatic carbocycles. The molecule has 1 saturated heterocycles. The van der Waals surface area contributed by atoms with Crippen molar-refractivity contribution in [3.63, 3.8) is 0 Å². The monoisotopic (exact) mass is 453 g/mol. The molecule has 1 aliphatic carbocycles. The van der Waals surface area contributed by atoms with Crippen molar-refractivity contribution in [2.75, 3.05) is 38.5 Å². The molecule has 31 heavy (non-hydrogen) atoms. The molecule has 1 aromatic heterocycles. The Morgan fingerprint density at radius 1 is 0.903 bits per heavy atom. The first kappa shape index (κ1) is 23.4. The lowest BCUT2D eigenvalue weighted by Gasteiger charge is -2.35. The Hall–Kier alpha value is -2.24. The fourth-order valence-electron chi connectivity index (χ4n) is 3.80. The third-order valence-electron chi connectivity index (χ3n) is 5.62. The van der Waals surface area contributed by atoms with Crippen molar-refractivity contribution in [3.8, 4) is 0 Å². The number of carbonyl (C=O) groups is 1. The molecule has 1 saturated carbocycles. The topological polar surface area (TPSA) is 60.5 Å². The summed E-state index contributed by atoms with van der Waals surface area (Å²) in [6, 6.07) is 0.691. The van der Waals surface area contributed by atoms with E-state index < -0.39 is 23.7 Å². The van der Waals surface area contributed by atoms with E-state index in [9.17, 15) is 31.1 Å². The summed E-state index contributed by atoms with van der Waals surface area (Å²) < 4.78 is 77.7. The number of piperazine rings is 1. The van der Waals surface area contributed by atoms with Gasteiger partial charge in [0.05, 0.1) is 0 Å². The van der Waals surface area contributed by atoms with E-state index in [0.717, 1.165) is 13.1 Å². The minimum absolute atomic E-state index is 0.0703. The van der Waals surface area contributed by atoms with Crippen molar-refractivity contribution in [2.24, 2.45) is 0 Å². The zero-order valence-electron chi connectivity index (χ0n) is 17.0. The molecule has 12 heteroatoms. The van der Waals surface area contributed by atoms with Gasteiger partial charge in [0.2, 0.25) is 0 Å². The maximum absolute atomic E-state index is 13.0. The maximum atomic E-state index is 13.0. The van der Waals surface area contributed by atoms with E-state index in [1.165, 1.54) is 0 Å². The number of hydrogen-bond donors (Lipinski definition) is 2. The van der Waals surface area contributed by atoms with Gasteiger partial charge in [-0.25, -0.2) is 9.78 Å². The van der Waals surface area contributed by atoms with Gasteiger partial charge in [0.1, 0.15) is 11.4 Å². The van der Waals surface area contributed by atoms with E-state index in [0.29, 0.717) is 50.9 Å². The van der Waals surface area contributed by atoms with Gasteiger partial charge in [0, 0.05) is 44.0 Å². The fourth-order valence-corrected chi connectivity index (χ4v) is 3.80. The number of carbonyl (C=O) groups excluding carboxylic acids is 1. The highest BCUT2D eigenvalue weighted by Gasteiger charge is 2.39. The van der Waals surface area contributed by atoms with Gasteiger partial charge < -0.3 is 20.4 Å². The second kappa shape index (κ2) is 9.09. The van der Waals surface area contributed by atoms with E-state index in [1.807, 2.05) is 7.05 Å². The highest BCUT2D eigenvalue weighted by Crippen LogP contribution is 2.35. The lowest BCUT2D eigenvalue weighted by atomic mass is 9.91. The number of rotatable bonds is 3. The molecule has 2 aliphatic rings. The van der Waals surface area contributed by atoms with Crippen LogP contribution in [0.4, 0.5) is 36.8 Å². The second-order valence-corrected chi connectivity index (χ2v) is 8.05. The molecule has 0 bridgehead atoms. The Bertz CT molecular complexity index is 736. The number of likely N-dealkylation sites (N-methyl/N-ethyl adjacent to an activating group) is 1. The van der Waals surface area contributed by atoms with Gasteiger partial charge in [-0.1, -0.05) is 0 Å². The molecular formula is C19H25F6N5O. The minimum Gasteiger partial charge on any atom is -0.382 e. The van der Waals surface area contributed by atoms with Crippen LogP contribution in [0.15, 0.2) is 12.1 Å². The van der Waals surface area contributed by atoms with Crippen molar-refractivity contribution >= 4 is 11.7 Å². The molecule has 2 amide bonds. The normalized spacial score (nSPS) is 23.5. The first-order chi connectivity index (χ1) is 14.4. The molecule has 3 rings (SSSR count). The molecule has 2 N–H and O–H groups in total. The number of pyridine rings is 1. The summed E-state index contributed by atoms with van der Waals surface area (Å²) in [7, 11) is 1.99. The first-order valence-corrected chi connectivity index (χ1v) is 10.1. The van der Waals surface area contributed by atoms with Crippen molar-refractivity contribution in [2.45, 2.75) is 50.1 Å². The van der Waals surface area contributed by atoms with E-state index >= 15 is 0 Å². The van der Waals surface area contributed by atoms with Gasteiger partial charge in [-0.2, -0.15) is 26.3 Å². The largest absolute Gasteiger partial charge is 0.433 e. The highest BCUT2D eigenvalue weighted by molar-refractivity contribution is 5.74. The standard InChI is InChI=1S/C19H25F6N5O/c1-29-6-8-30(9-7-29)17(31)27-13-4-2-12(3-5-13)26-14-10-15(18(20,21)22)28-16(11-14)19(23,24)25/h10-13H,2-9H2,1H3,(H,26,28)(H,27,31)/t12-,13+. The number of nitrogens with one attached hydrogen (secondary N) is 2. The molecule has 2 fully saturated rings. The number of nitrogens with zero attached hydrogens (tertiary/aromatic N) is 3. The molecule has 2 heterocycles. The third kappa shape index (κ3) is 6.37. The molecule has 174 valence electrons. The van der Waals surface area contributed by atoms with Gasteiger partial charge in [0.25, 0.3) is 0 Å². The predicted octanol–water partition coefficient (Wildman–Crippen LogP) is 3.80. The summed E-state index contributed by atoms with van der Waals surface area (Å²) in [5, 5.41) is 5.76. The van der Waals surface area contributed by atoms with E-state index in [4.69, 9.17) is 0 Å². The quantitative estimate of drug-likeness (QED) is 0.684. The molecule has 6 nitrogen and oxygen atoms in total. The Kier molecular flexibility index (Phi) is 6.87. The predicted molar refractivity (Wildman–Crippen MR) is 102 cm³/mol. The van der Waals surface area contributed by atoms with Crippen LogP contribution in [0.1, 0.15) is 37.1 Å². The van der Waals surface area contributed by atoms with E-state index in [2.05, 4.69) is 20.5 Å². The summed E-state index contributed by atoms with van der Waals surface area (Å²) in [6.45, 7) is 2.89. The Morgan fingerprint density at radius 3 is 1.87 bits per heavy atom. The zero-order valence-corrected chi connectivity index (χ0v) is 17.0. The van der Waals surface area contributed by atoms with E-state index in [-0.39, 0.29) is 23.8 Å². The van der Waals surface area contributed by atoms with Gasteiger partial charge in [-0.3, -0.25) is 0 Å². The molecule has 0 unspecified atom stereocenters. The summed E-state index contributed by atoms with van der Waals surface area (Å²) >= 11 is 0. The summed E-state index contributed by atoms with van der Waals surface area (Å²) in [5.74, 6) is 0. The molecule has 0 radical (unpaired) electrons. The van der Waals surface area contributed by atoms with Crippen LogP contribution in [0.25, 0.3) is 0 Å². The third-order valence-corrected chi connectivity index (χ3v) is 5.62. The number of alkyl halides is 6. The van der Waals surface area contributed by atoms with Crippen molar-refractivity contribution in [1.29, 1.82) is 0 Å². The second-order valence-electron chi connectivity index (χ2n) is 8.05. The SMILES string of the molecule is CN1CCN(C(=O)N[C@H]2CC[C@@H](Nc3cc(C(F)(F)F)nc(C(F)(F)F)c3)CC2)CC1. The molecule has 1 aromatic rings. The van der Waals surface area contributed by atoms with Crippen molar-refractivity contribution in [3.05, 3.63) is 23.5 Å². The number of aromatic nitrogens is 1. The maximum Gasteiger partial charge on any atom is 0.433 e. The smallest absolute Gasteiger partial charge is 0.382 e. The van der Waals surface area contributed by atoms with Crippen molar-refractivity contribution < 1.29 is 31.1 Å². The van der Waals surface area contributed by atoms with Crippen LogP contribution in [-0.4, -0.2) is 66.1 Å². The van der Waals surface area contributed by atoms with Crippen LogP contribution in [0, 0.1) is 0 Å². The fraction of sp³-hybridized carbons (Fsp3) is 0.684. The van der Waals surface area contributed by atoms with Crippen LogP contribution in [0.5, 0.6) is 0 Å². The first-order valence-electron chi connectivity index (χ1n) is 10.1. The van der Waals surface area contributed by atoms with Crippen LogP contribution in [0.2, 0.25) is 0 Å². The van der Waals surface area contributed by atoms with Gasteiger partial charge in [-0.15, -0.1) is 0 Å². The Balaban J connectivity index is 1.56. The Morgan fingerprint density at radius 2 is 1.39 bits per heavy atom. The van der Waals surface area contributed by atoms with Crippen LogP contribution < -0.4 is 10.6 Å². The van der Waals surface area contributed by atoms with Crippen molar-refractivity contribution in [1.82, 2.24) is 20.1 Å².